The largest absolute Gasteiger partial charge is 0.466 e. The van der Waals surface area contributed by atoms with E-state index in [0.717, 1.165) is 18.4 Å². The molecule has 0 amide bonds. The van der Waals surface area contributed by atoms with Crippen LogP contribution in [0.15, 0.2) is 23.8 Å². The molecule has 1 rings (SSSR count). The summed E-state index contributed by atoms with van der Waals surface area (Å²) in [4.78, 5) is 11.6. The molecule has 0 fully saturated rings. The van der Waals surface area contributed by atoms with E-state index in [2.05, 4.69) is 13.5 Å². The van der Waals surface area contributed by atoms with E-state index >= 15 is 0 Å². The first-order valence-electron chi connectivity index (χ1n) is 6.75. The highest BCUT2D eigenvalue weighted by atomic mass is 16.5. The van der Waals surface area contributed by atoms with Gasteiger partial charge in [-0.3, -0.25) is 4.79 Å². The van der Waals surface area contributed by atoms with Crippen LogP contribution >= 0.6 is 0 Å². The molecule has 0 radical (unpaired) electrons. The lowest BCUT2D eigenvalue weighted by atomic mass is 9.75. The fourth-order valence-electron chi connectivity index (χ4n) is 2.34. The lowest BCUT2D eigenvalue weighted by Gasteiger charge is -2.30. The molecule has 2 heteroatoms. The van der Waals surface area contributed by atoms with Crippen molar-refractivity contribution >= 4 is 5.97 Å². The average Bonchev–Trinajstić information content (AvgIpc) is 2.28. The van der Waals surface area contributed by atoms with Crippen LogP contribution in [-0.2, 0) is 9.53 Å². The van der Waals surface area contributed by atoms with Gasteiger partial charge in [0.05, 0.1) is 12.5 Å². The maximum Gasteiger partial charge on any atom is 0.313 e. The van der Waals surface area contributed by atoms with Crippen LogP contribution in [0.1, 0.15) is 52.4 Å². The van der Waals surface area contributed by atoms with Crippen LogP contribution < -0.4 is 0 Å². The first-order chi connectivity index (χ1) is 8.24. The Morgan fingerprint density at radius 3 is 2.76 bits per heavy atom. The van der Waals surface area contributed by atoms with Crippen LogP contribution in [0.25, 0.3) is 0 Å². The van der Waals surface area contributed by atoms with Crippen LogP contribution in [0.2, 0.25) is 0 Å². The monoisotopic (exact) mass is 236 g/mol. The molecule has 0 aliphatic heterocycles. The molecule has 96 valence electrons. The van der Waals surface area contributed by atoms with E-state index in [9.17, 15) is 4.79 Å². The molecule has 0 aromatic carbocycles. The molecule has 0 saturated heterocycles. The quantitative estimate of drug-likeness (QED) is 0.470. The van der Waals surface area contributed by atoms with Crippen molar-refractivity contribution in [3.05, 3.63) is 23.8 Å². The summed E-state index contributed by atoms with van der Waals surface area (Å²) in [7, 11) is 0. The summed E-state index contributed by atoms with van der Waals surface area (Å²) in [6, 6.07) is 0. The molecule has 0 spiro atoms. The van der Waals surface area contributed by atoms with Crippen LogP contribution in [0, 0.1) is 5.92 Å². The number of ether oxygens (including phenoxy) is 1. The Bertz CT molecular complexity index is 302. The van der Waals surface area contributed by atoms with Gasteiger partial charge in [0, 0.05) is 0 Å². The van der Waals surface area contributed by atoms with Gasteiger partial charge in [-0.25, -0.2) is 0 Å². The molecule has 0 N–H and O–H groups in total. The van der Waals surface area contributed by atoms with Gasteiger partial charge in [0.15, 0.2) is 0 Å². The third-order valence-corrected chi connectivity index (χ3v) is 3.36. The van der Waals surface area contributed by atoms with Crippen LogP contribution in [0.3, 0.4) is 0 Å². The van der Waals surface area contributed by atoms with E-state index in [1.807, 2.05) is 13.0 Å². The van der Waals surface area contributed by atoms with Crippen molar-refractivity contribution in [1.82, 2.24) is 0 Å². The van der Waals surface area contributed by atoms with Crippen molar-refractivity contribution < 1.29 is 9.53 Å². The van der Waals surface area contributed by atoms with Crippen LogP contribution in [0.4, 0.5) is 0 Å². The zero-order chi connectivity index (χ0) is 12.7. The van der Waals surface area contributed by atoms with Gasteiger partial charge in [0.2, 0.25) is 0 Å². The van der Waals surface area contributed by atoms with Gasteiger partial charge in [-0.2, -0.15) is 0 Å². The van der Waals surface area contributed by atoms with Gasteiger partial charge in [-0.15, -0.1) is 0 Å². The van der Waals surface area contributed by atoms with Crippen molar-refractivity contribution in [1.29, 1.82) is 0 Å². The molecule has 0 saturated carbocycles. The topological polar surface area (TPSA) is 26.3 Å². The summed E-state index contributed by atoms with van der Waals surface area (Å²) in [5, 5.41) is 0. The number of carbonyl (C=O) groups is 1. The summed E-state index contributed by atoms with van der Waals surface area (Å²) in [6.07, 6.45) is 8.92. The normalized spacial score (nSPS) is 18.8. The van der Waals surface area contributed by atoms with Crippen molar-refractivity contribution in [3.63, 3.8) is 0 Å². The van der Waals surface area contributed by atoms with Gasteiger partial charge in [0.1, 0.15) is 0 Å². The molecular formula is C15H24O2. The second-order valence-electron chi connectivity index (χ2n) is 4.58. The highest BCUT2D eigenvalue weighted by Crippen LogP contribution is 2.39. The average molecular weight is 236 g/mol. The van der Waals surface area contributed by atoms with E-state index < -0.39 is 0 Å². The van der Waals surface area contributed by atoms with Gasteiger partial charge < -0.3 is 4.74 Å². The maximum absolute atomic E-state index is 11.6. The minimum absolute atomic E-state index is 0.0337. The fraction of sp³-hybridized carbons (Fsp3) is 0.667. The molecular weight excluding hydrogens is 212 g/mol. The molecule has 1 unspecified atom stereocenters. The summed E-state index contributed by atoms with van der Waals surface area (Å²) in [5.41, 5.74) is 2.54. The number of hydrogen-bond donors (Lipinski definition) is 0. The number of hydrogen-bond acceptors (Lipinski definition) is 2. The van der Waals surface area contributed by atoms with Gasteiger partial charge in [-0.05, 0) is 31.8 Å². The number of rotatable bonds is 8. The highest BCUT2D eigenvalue weighted by molar-refractivity contribution is 5.80. The molecule has 0 bridgehead atoms. The molecule has 1 aliphatic carbocycles. The maximum atomic E-state index is 11.6. The molecule has 0 aromatic heterocycles. The van der Waals surface area contributed by atoms with Gasteiger partial charge in [-0.1, -0.05) is 44.4 Å². The number of unbranched alkanes of at least 4 members (excludes halogenated alkanes) is 3. The van der Waals surface area contributed by atoms with Crippen molar-refractivity contribution in [2.24, 2.45) is 5.92 Å². The van der Waals surface area contributed by atoms with Crippen molar-refractivity contribution in [2.45, 2.75) is 52.4 Å². The van der Waals surface area contributed by atoms with E-state index in [4.69, 9.17) is 4.74 Å². The first kappa shape index (κ1) is 14.0. The molecule has 1 aliphatic rings. The Morgan fingerprint density at radius 2 is 2.18 bits per heavy atom. The summed E-state index contributed by atoms with van der Waals surface area (Å²) in [5.74, 6) is -0.117. The Balaban J connectivity index is 2.42. The summed E-state index contributed by atoms with van der Waals surface area (Å²) in [6.45, 7) is 8.33. The lowest BCUT2D eigenvalue weighted by molar-refractivity contribution is -0.147. The molecule has 17 heavy (non-hydrogen) atoms. The standard InChI is InChI=1S/C15H24O2/c1-4-7-8-9-10-12-11-14(13(12)5-2)15(16)17-6-3/h5,14H,2,4,6-11H2,1,3H3. The van der Waals surface area contributed by atoms with E-state index in [1.165, 1.54) is 31.3 Å². The molecule has 0 aromatic rings. The minimum atomic E-state index is -0.0836. The molecule has 1 atom stereocenters. The Hall–Kier alpha value is -1.05. The SMILES string of the molecule is C=CC1=C(CCCCCC)CC1C(=O)OCC. The fourth-order valence-corrected chi connectivity index (χ4v) is 2.34. The first-order valence-corrected chi connectivity index (χ1v) is 6.75. The lowest BCUT2D eigenvalue weighted by Crippen LogP contribution is -2.27. The second-order valence-corrected chi connectivity index (χ2v) is 4.58. The zero-order valence-electron chi connectivity index (χ0n) is 11.1. The van der Waals surface area contributed by atoms with E-state index in [1.54, 1.807) is 0 Å². The zero-order valence-corrected chi connectivity index (χ0v) is 11.1. The van der Waals surface area contributed by atoms with Gasteiger partial charge >= 0.3 is 5.97 Å². The third kappa shape index (κ3) is 3.72. The summed E-state index contributed by atoms with van der Waals surface area (Å²) >= 11 is 0. The number of carbonyl (C=O) groups excluding carboxylic acids is 1. The van der Waals surface area contributed by atoms with Crippen molar-refractivity contribution in [3.8, 4) is 0 Å². The van der Waals surface area contributed by atoms with Crippen molar-refractivity contribution in [2.75, 3.05) is 6.61 Å². The third-order valence-electron chi connectivity index (χ3n) is 3.36. The highest BCUT2D eigenvalue weighted by Gasteiger charge is 2.33. The summed E-state index contributed by atoms with van der Waals surface area (Å²) < 4.78 is 5.05. The van der Waals surface area contributed by atoms with E-state index in [0.29, 0.717) is 6.61 Å². The number of allylic oxidation sites excluding steroid dienone is 2. The van der Waals surface area contributed by atoms with E-state index in [-0.39, 0.29) is 11.9 Å². The Labute approximate surface area is 105 Å². The predicted molar refractivity (Wildman–Crippen MR) is 70.7 cm³/mol. The Morgan fingerprint density at radius 1 is 1.41 bits per heavy atom. The van der Waals surface area contributed by atoms with Crippen LogP contribution in [0.5, 0.6) is 0 Å². The minimum Gasteiger partial charge on any atom is -0.466 e. The molecule has 2 nitrogen and oxygen atoms in total. The smallest absolute Gasteiger partial charge is 0.313 e. The predicted octanol–water partition coefficient (Wildman–Crippen LogP) is 4.02. The second kappa shape index (κ2) is 7.31. The van der Waals surface area contributed by atoms with Crippen LogP contribution in [-0.4, -0.2) is 12.6 Å². The number of esters is 1. The molecule has 0 heterocycles. The van der Waals surface area contributed by atoms with Gasteiger partial charge in [0.25, 0.3) is 0 Å². The Kier molecular flexibility index (Phi) is 6.03.